The van der Waals surface area contributed by atoms with Crippen LogP contribution < -0.4 is 14.8 Å². The molecule has 0 spiro atoms. The van der Waals surface area contributed by atoms with Gasteiger partial charge in [-0.25, -0.2) is 4.39 Å². The lowest BCUT2D eigenvalue weighted by atomic mass is 10.1. The summed E-state index contributed by atoms with van der Waals surface area (Å²) in [5.41, 5.74) is 0.598. The van der Waals surface area contributed by atoms with Gasteiger partial charge in [0.1, 0.15) is 11.6 Å². The number of hydrogen-bond donors (Lipinski definition) is 1. The summed E-state index contributed by atoms with van der Waals surface area (Å²) in [6.45, 7) is 1.84. The molecule has 0 saturated heterocycles. The zero-order chi connectivity index (χ0) is 19.1. The number of hydrogen-bond acceptors (Lipinski definition) is 5. The third-order valence-electron chi connectivity index (χ3n) is 3.66. The first-order valence-electron chi connectivity index (χ1n) is 7.92. The Labute approximate surface area is 149 Å². The van der Waals surface area contributed by atoms with Crippen molar-refractivity contribution in [3.8, 4) is 11.5 Å². The van der Waals surface area contributed by atoms with Gasteiger partial charge in [-0.3, -0.25) is 14.9 Å². The number of amides is 1. The standard InChI is InChI=1S/C18H19FN2O5/c1-12(18(22)20-10-9-13-3-5-14(19)6-4-13)26-17-8-7-15(25-2)11-16(17)21(23)24/h3-8,11-12H,9-10H2,1-2H3,(H,20,22)/t12-/m1/s1. The number of carbonyl (C=O) groups is 1. The van der Waals surface area contributed by atoms with E-state index >= 15 is 0 Å². The van der Waals surface area contributed by atoms with Crippen LogP contribution >= 0.6 is 0 Å². The molecule has 2 aromatic rings. The zero-order valence-corrected chi connectivity index (χ0v) is 14.4. The average molecular weight is 362 g/mol. The topological polar surface area (TPSA) is 90.7 Å². The number of nitrogens with zero attached hydrogens (tertiary/aromatic N) is 1. The molecule has 0 heterocycles. The lowest BCUT2D eigenvalue weighted by Gasteiger charge is -2.15. The van der Waals surface area contributed by atoms with Crippen LogP contribution in [0.15, 0.2) is 42.5 Å². The van der Waals surface area contributed by atoms with Gasteiger partial charge in [-0.2, -0.15) is 0 Å². The van der Waals surface area contributed by atoms with Crippen LogP contribution in [0.3, 0.4) is 0 Å². The molecule has 0 bridgehead atoms. The number of nitro benzene ring substituents is 1. The van der Waals surface area contributed by atoms with E-state index in [9.17, 15) is 19.3 Å². The van der Waals surface area contributed by atoms with E-state index in [1.165, 1.54) is 44.4 Å². The summed E-state index contributed by atoms with van der Waals surface area (Å²) in [7, 11) is 1.40. The first-order chi connectivity index (χ1) is 12.4. The number of nitrogens with one attached hydrogen (secondary N) is 1. The Morgan fingerprint density at radius 2 is 1.96 bits per heavy atom. The molecule has 0 saturated carbocycles. The number of methoxy groups -OCH3 is 1. The monoisotopic (exact) mass is 362 g/mol. The van der Waals surface area contributed by atoms with Crippen LogP contribution in [0.2, 0.25) is 0 Å². The van der Waals surface area contributed by atoms with Crippen molar-refractivity contribution in [3.05, 3.63) is 64.0 Å². The number of carbonyl (C=O) groups excluding carboxylic acids is 1. The number of rotatable bonds is 8. The fourth-order valence-corrected chi connectivity index (χ4v) is 2.24. The lowest BCUT2D eigenvalue weighted by molar-refractivity contribution is -0.386. The van der Waals surface area contributed by atoms with Crippen LogP contribution in [0, 0.1) is 15.9 Å². The van der Waals surface area contributed by atoms with Gasteiger partial charge in [0.2, 0.25) is 0 Å². The highest BCUT2D eigenvalue weighted by molar-refractivity contribution is 5.80. The van der Waals surface area contributed by atoms with E-state index in [-0.39, 0.29) is 17.3 Å². The van der Waals surface area contributed by atoms with E-state index < -0.39 is 16.9 Å². The molecule has 1 atom stereocenters. The molecular formula is C18H19FN2O5. The third kappa shape index (κ3) is 5.17. The summed E-state index contributed by atoms with van der Waals surface area (Å²) in [6.07, 6.45) is -0.392. The van der Waals surface area contributed by atoms with Crippen molar-refractivity contribution in [2.75, 3.05) is 13.7 Å². The van der Waals surface area contributed by atoms with Crippen LogP contribution in [0.1, 0.15) is 12.5 Å². The van der Waals surface area contributed by atoms with E-state index in [1.807, 2.05) is 0 Å². The smallest absolute Gasteiger partial charge is 0.314 e. The zero-order valence-electron chi connectivity index (χ0n) is 14.4. The Balaban J connectivity index is 1.92. The minimum Gasteiger partial charge on any atom is -0.496 e. The lowest BCUT2D eigenvalue weighted by Crippen LogP contribution is -2.37. The number of halogens is 1. The molecule has 0 aliphatic heterocycles. The van der Waals surface area contributed by atoms with Crippen molar-refractivity contribution in [2.24, 2.45) is 0 Å². The fourth-order valence-electron chi connectivity index (χ4n) is 2.24. The summed E-state index contributed by atoms with van der Waals surface area (Å²) in [4.78, 5) is 22.6. The molecule has 8 heteroatoms. The van der Waals surface area contributed by atoms with Gasteiger partial charge in [-0.1, -0.05) is 12.1 Å². The molecule has 2 rings (SSSR count). The highest BCUT2D eigenvalue weighted by Crippen LogP contribution is 2.31. The first-order valence-corrected chi connectivity index (χ1v) is 7.92. The van der Waals surface area contributed by atoms with E-state index in [4.69, 9.17) is 9.47 Å². The molecule has 1 amide bonds. The molecule has 138 valence electrons. The van der Waals surface area contributed by atoms with Gasteiger partial charge >= 0.3 is 5.69 Å². The molecule has 1 N–H and O–H groups in total. The maximum Gasteiger partial charge on any atom is 0.314 e. The fraction of sp³-hybridized carbons (Fsp3) is 0.278. The molecule has 0 aromatic heterocycles. The van der Waals surface area contributed by atoms with Gasteiger partial charge in [-0.15, -0.1) is 0 Å². The van der Waals surface area contributed by atoms with Crippen molar-refractivity contribution in [1.82, 2.24) is 5.32 Å². The highest BCUT2D eigenvalue weighted by Gasteiger charge is 2.21. The van der Waals surface area contributed by atoms with Gasteiger partial charge in [0, 0.05) is 6.54 Å². The van der Waals surface area contributed by atoms with Crippen LogP contribution in [-0.2, 0) is 11.2 Å². The Morgan fingerprint density at radius 3 is 2.58 bits per heavy atom. The van der Waals surface area contributed by atoms with Gasteiger partial charge in [0.15, 0.2) is 11.9 Å². The van der Waals surface area contributed by atoms with E-state index in [0.717, 1.165) is 5.56 Å². The summed E-state index contributed by atoms with van der Waals surface area (Å²) in [5, 5.41) is 13.8. The van der Waals surface area contributed by atoms with Gasteiger partial charge in [0.05, 0.1) is 18.1 Å². The number of benzene rings is 2. The number of nitro groups is 1. The van der Waals surface area contributed by atoms with Crippen molar-refractivity contribution >= 4 is 11.6 Å². The summed E-state index contributed by atoms with van der Waals surface area (Å²) in [5.74, 6) is -0.421. The molecule has 0 aliphatic carbocycles. The first kappa shape index (κ1) is 19.2. The molecule has 0 radical (unpaired) electrons. The van der Waals surface area contributed by atoms with E-state index in [0.29, 0.717) is 18.7 Å². The maximum atomic E-state index is 12.8. The number of ether oxygens (including phenoxy) is 2. The minimum atomic E-state index is -0.921. The largest absolute Gasteiger partial charge is 0.496 e. The van der Waals surface area contributed by atoms with Crippen molar-refractivity contribution in [3.63, 3.8) is 0 Å². The second-order valence-corrected chi connectivity index (χ2v) is 5.52. The van der Waals surface area contributed by atoms with Crippen LogP contribution in [-0.4, -0.2) is 30.6 Å². The van der Waals surface area contributed by atoms with Gasteiger partial charge in [-0.05, 0) is 43.2 Å². The molecule has 0 unspecified atom stereocenters. The molecule has 0 fully saturated rings. The molecular weight excluding hydrogens is 343 g/mol. The quantitative estimate of drug-likeness (QED) is 0.576. The minimum absolute atomic E-state index is 0.0167. The maximum absolute atomic E-state index is 12.8. The van der Waals surface area contributed by atoms with Crippen LogP contribution in [0.25, 0.3) is 0 Å². The summed E-state index contributed by atoms with van der Waals surface area (Å²) < 4.78 is 23.2. The van der Waals surface area contributed by atoms with Gasteiger partial charge < -0.3 is 14.8 Å². The summed E-state index contributed by atoms with van der Waals surface area (Å²) in [6, 6.07) is 10.1. The second-order valence-electron chi connectivity index (χ2n) is 5.52. The van der Waals surface area contributed by atoms with E-state index in [1.54, 1.807) is 12.1 Å². The normalized spacial score (nSPS) is 11.5. The van der Waals surface area contributed by atoms with Crippen LogP contribution in [0.4, 0.5) is 10.1 Å². The predicted molar refractivity (Wildman–Crippen MR) is 92.9 cm³/mol. The van der Waals surface area contributed by atoms with Crippen molar-refractivity contribution < 1.29 is 23.6 Å². The van der Waals surface area contributed by atoms with Gasteiger partial charge in [0.25, 0.3) is 5.91 Å². The van der Waals surface area contributed by atoms with Crippen molar-refractivity contribution in [1.29, 1.82) is 0 Å². The highest BCUT2D eigenvalue weighted by atomic mass is 19.1. The summed E-state index contributed by atoms with van der Waals surface area (Å²) >= 11 is 0. The Hall–Kier alpha value is -3.16. The second kappa shape index (κ2) is 8.80. The Kier molecular flexibility index (Phi) is 6.48. The van der Waals surface area contributed by atoms with Crippen molar-refractivity contribution in [2.45, 2.75) is 19.4 Å². The Morgan fingerprint density at radius 1 is 1.27 bits per heavy atom. The predicted octanol–water partition coefficient (Wildman–Crippen LogP) is 2.87. The molecule has 26 heavy (non-hydrogen) atoms. The van der Waals surface area contributed by atoms with E-state index in [2.05, 4.69) is 5.32 Å². The van der Waals surface area contributed by atoms with Crippen LogP contribution in [0.5, 0.6) is 11.5 Å². The average Bonchev–Trinajstić information content (AvgIpc) is 2.63. The molecule has 0 aliphatic rings. The third-order valence-corrected chi connectivity index (χ3v) is 3.66. The molecule has 2 aromatic carbocycles. The Bertz CT molecular complexity index is 780. The molecule has 7 nitrogen and oxygen atoms in total. The SMILES string of the molecule is COc1ccc(O[C@H](C)C(=O)NCCc2ccc(F)cc2)c([N+](=O)[O-])c1.